The summed E-state index contributed by atoms with van der Waals surface area (Å²) in [6.45, 7) is 0. The fraction of sp³-hybridized carbons (Fsp3) is 0.0435. The molecule has 8 nitrogen and oxygen atoms in total. The summed E-state index contributed by atoms with van der Waals surface area (Å²) >= 11 is 0. The van der Waals surface area contributed by atoms with Crippen LogP contribution in [0.25, 0.3) is 17.2 Å². The third-order valence-electron chi connectivity index (χ3n) is 4.78. The number of aromatic nitrogens is 3. The van der Waals surface area contributed by atoms with Crippen molar-refractivity contribution in [3.63, 3.8) is 0 Å². The van der Waals surface area contributed by atoms with Gasteiger partial charge in [0.15, 0.2) is 0 Å². The standard InChI is InChI=1S/C23H21N5O3S/c1-27-16-19(14-25-27)18-5-4-6-20(13-18)32(30,31)28-12-11-17(15-28)9-10-23(29)26-22-8-3-2-7-21(22)24/h2-16H,24H2,1H3,(H,26,29). The predicted molar refractivity (Wildman–Crippen MR) is 124 cm³/mol. The molecule has 0 bridgehead atoms. The summed E-state index contributed by atoms with van der Waals surface area (Å²) in [5, 5.41) is 6.81. The van der Waals surface area contributed by atoms with Crippen molar-refractivity contribution in [2.24, 2.45) is 7.05 Å². The van der Waals surface area contributed by atoms with E-state index in [4.69, 9.17) is 5.73 Å². The maximum Gasteiger partial charge on any atom is 0.267 e. The number of nitrogens with one attached hydrogen (secondary N) is 1. The van der Waals surface area contributed by atoms with Crippen molar-refractivity contribution in [1.29, 1.82) is 0 Å². The first-order valence-corrected chi connectivity index (χ1v) is 11.1. The van der Waals surface area contributed by atoms with Gasteiger partial charge in [-0.05, 0) is 47.5 Å². The summed E-state index contributed by atoms with van der Waals surface area (Å²) in [6, 6.07) is 15.2. The lowest BCUT2D eigenvalue weighted by atomic mass is 10.1. The van der Waals surface area contributed by atoms with Crippen LogP contribution < -0.4 is 11.1 Å². The van der Waals surface area contributed by atoms with Crippen LogP contribution in [0.5, 0.6) is 0 Å². The average Bonchev–Trinajstić information content (AvgIpc) is 3.44. The zero-order chi connectivity index (χ0) is 22.7. The van der Waals surface area contributed by atoms with Gasteiger partial charge in [-0.3, -0.25) is 9.48 Å². The average molecular weight is 448 g/mol. The highest BCUT2D eigenvalue weighted by molar-refractivity contribution is 7.90. The first-order chi connectivity index (χ1) is 15.3. The third kappa shape index (κ3) is 4.47. The van der Waals surface area contributed by atoms with E-state index in [-0.39, 0.29) is 10.8 Å². The highest BCUT2D eigenvalue weighted by atomic mass is 32.2. The van der Waals surface area contributed by atoms with Gasteiger partial charge in [0.2, 0.25) is 5.91 Å². The molecular formula is C23H21N5O3S. The second-order valence-corrected chi connectivity index (χ2v) is 8.96. The molecule has 0 saturated heterocycles. The molecule has 2 aromatic heterocycles. The van der Waals surface area contributed by atoms with Gasteiger partial charge in [0.1, 0.15) is 0 Å². The molecule has 0 fully saturated rings. The smallest absolute Gasteiger partial charge is 0.267 e. The van der Waals surface area contributed by atoms with Gasteiger partial charge in [-0.2, -0.15) is 5.10 Å². The number of anilines is 2. The van der Waals surface area contributed by atoms with Gasteiger partial charge in [0.05, 0.1) is 22.5 Å². The second kappa shape index (κ2) is 8.56. The van der Waals surface area contributed by atoms with E-state index in [0.29, 0.717) is 16.9 Å². The van der Waals surface area contributed by atoms with Crippen molar-refractivity contribution in [2.75, 3.05) is 11.1 Å². The van der Waals surface area contributed by atoms with Crippen LogP contribution >= 0.6 is 0 Å². The number of carbonyl (C=O) groups is 1. The Morgan fingerprint density at radius 3 is 2.62 bits per heavy atom. The number of aryl methyl sites for hydroxylation is 1. The van der Waals surface area contributed by atoms with E-state index in [1.807, 2.05) is 12.3 Å². The topological polar surface area (TPSA) is 112 Å². The molecule has 9 heteroatoms. The molecule has 0 saturated carbocycles. The molecule has 0 unspecified atom stereocenters. The number of rotatable bonds is 6. The molecule has 0 spiro atoms. The SMILES string of the molecule is Cn1cc(-c2cccc(S(=O)(=O)n3ccc(C=CC(=O)Nc4ccccc4N)c3)c2)cn1. The van der Waals surface area contributed by atoms with Gasteiger partial charge in [0.25, 0.3) is 10.0 Å². The monoisotopic (exact) mass is 447 g/mol. The van der Waals surface area contributed by atoms with Gasteiger partial charge < -0.3 is 11.1 Å². The van der Waals surface area contributed by atoms with Crippen LogP contribution in [0.2, 0.25) is 0 Å². The first kappa shape index (κ1) is 21.1. The predicted octanol–water partition coefficient (Wildman–Crippen LogP) is 3.36. The Morgan fingerprint density at radius 2 is 1.88 bits per heavy atom. The molecule has 0 aliphatic carbocycles. The highest BCUT2D eigenvalue weighted by Crippen LogP contribution is 2.24. The van der Waals surface area contributed by atoms with Crippen LogP contribution in [0.3, 0.4) is 0 Å². The Kier molecular flexibility index (Phi) is 5.65. The molecule has 2 heterocycles. The summed E-state index contributed by atoms with van der Waals surface area (Å²) in [5.41, 5.74) is 8.93. The number of hydrogen-bond acceptors (Lipinski definition) is 5. The number of nitrogen functional groups attached to an aromatic ring is 1. The maximum absolute atomic E-state index is 13.1. The van der Waals surface area contributed by atoms with Crippen molar-refractivity contribution < 1.29 is 13.2 Å². The van der Waals surface area contributed by atoms with Crippen LogP contribution in [0.1, 0.15) is 5.56 Å². The van der Waals surface area contributed by atoms with Crippen molar-refractivity contribution in [1.82, 2.24) is 13.8 Å². The third-order valence-corrected chi connectivity index (χ3v) is 6.42. The number of hydrogen-bond donors (Lipinski definition) is 2. The molecule has 0 atom stereocenters. The molecule has 32 heavy (non-hydrogen) atoms. The van der Waals surface area contributed by atoms with Gasteiger partial charge in [-0.15, -0.1) is 0 Å². The molecule has 162 valence electrons. The van der Waals surface area contributed by atoms with Gasteiger partial charge in [0, 0.05) is 37.3 Å². The molecular weight excluding hydrogens is 426 g/mol. The Hall–Kier alpha value is -4.11. The Morgan fingerprint density at radius 1 is 1.06 bits per heavy atom. The number of amides is 1. The number of nitrogens with zero attached hydrogens (tertiary/aromatic N) is 3. The van der Waals surface area contributed by atoms with Crippen molar-refractivity contribution in [2.45, 2.75) is 4.90 Å². The maximum atomic E-state index is 13.1. The van der Waals surface area contributed by atoms with Crippen LogP contribution in [0.15, 0.2) is 90.4 Å². The molecule has 0 aliphatic rings. The number of carbonyl (C=O) groups excluding carboxylic acids is 1. The van der Waals surface area contributed by atoms with Crippen molar-refractivity contribution in [3.8, 4) is 11.1 Å². The minimum absolute atomic E-state index is 0.155. The first-order valence-electron chi connectivity index (χ1n) is 9.69. The zero-order valence-corrected chi connectivity index (χ0v) is 18.0. The molecule has 4 aromatic rings. The number of benzene rings is 2. The Balaban J connectivity index is 1.52. The van der Waals surface area contributed by atoms with E-state index in [1.54, 1.807) is 66.5 Å². The second-order valence-electron chi connectivity index (χ2n) is 7.12. The van der Waals surface area contributed by atoms with Gasteiger partial charge in [-0.25, -0.2) is 12.4 Å². The summed E-state index contributed by atoms with van der Waals surface area (Å²) in [6.07, 6.45) is 9.25. The summed E-state index contributed by atoms with van der Waals surface area (Å²) in [4.78, 5) is 12.3. The lowest BCUT2D eigenvalue weighted by Gasteiger charge is -2.07. The lowest BCUT2D eigenvalue weighted by molar-refractivity contribution is -0.111. The summed E-state index contributed by atoms with van der Waals surface area (Å²) in [7, 11) is -2.00. The number of para-hydroxylation sites is 2. The fourth-order valence-corrected chi connectivity index (χ4v) is 4.38. The molecule has 3 N–H and O–H groups in total. The van der Waals surface area contributed by atoms with E-state index < -0.39 is 10.0 Å². The fourth-order valence-electron chi connectivity index (χ4n) is 3.13. The van der Waals surface area contributed by atoms with E-state index in [0.717, 1.165) is 15.1 Å². The van der Waals surface area contributed by atoms with E-state index in [2.05, 4.69) is 10.4 Å². The van der Waals surface area contributed by atoms with Gasteiger partial charge >= 0.3 is 0 Å². The lowest BCUT2D eigenvalue weighted by Crippen LogP contribution is -2.11. The normalized spacial score (nSPS) is 11.7. The quantitative estimate of drug-likeness (QED) is 0.348. The van der Waals surface area contributed by atoms with Crippen LogP contribution in [0.4, 0.5) is 11.4 Å². The Labute approximate surface area is 185 Å². The van der Waals surface area contributed by atoms with E-state index in [1.165, 1.54) is 24.5 Å². The van der Waals surface area contributed by atoms with Crippen molar-refractivity contribution >= 4 is 33.4 Å². The zero-order valence-electron chi connectivity index (χ0n) is 17.2. The molecule has 0 radical (unpaired) electrons. The molecule has 4 rings (SSSR count). The molecule has 2 aromatic carbocycles. The van der Waals surface area contributed by atoms with E-state index >= 15 is 0 Å². The minimum atomic E-state index is -3.80. The largest absolute Gasteiger partial charge is 0.397 e. The van der Waals surface area contributed by atoms with Crippen molar-refractivity contribution in [3.05, 3.63) is 91.0 Å². The van der Waals surface area contributed by atoms with E-state index in [9.17, 15) is 13.2 Å². The summed E-state index contributed by atoms with van der Waals surface area (Å²) in [5.74, 6) is -0.373. The van der Waals surface area contributed by atoms with Crippen LogP contribution in [-0.4, -0.2) is 28.1 Å². The summed E-state index contributed by atoms with van der Waals surface area (Å²) < 4.78 is 28.9. The minimum Gasteiger partial charge on any atom is -0.397 e. The van der Waals surface area contributed by atoms with Crippen LogP contribution in [-0.2, 0) is 21.9 Å². The van der Waals surface area contributed by atoms with Gasteiger partial charge in [-0.1, -0.05) is 24.3 Å². The molecule has 1 amide bonds. The van der Waals surface area contributed by atoms with Crippen LogP contribution in [0, 0.1) is 0 Å². The highest BCUT2D eigenvalue weighted by Gasteiger charge is 2.17. The molecule has 0 aliphatic heterocycles. The Bertz CT molecular complexity index is 1420. The number of nitrogens with two attached hydrogens (primary N) is 1.